The number of amides is 1. The standard InChI is InChI=1S/C24H40N2O8S/c1-6-7-14-8-9-26(11-16-13(4)32-24(31)33-16)15(10-14)22(30)25-17(12(2)3)21-19(28)18(27)20(29)23(34-21)35-5/h12,14-15,17-21,23,27-29H,6-11H2,1-5H3,(H,25,30). The predicted octanol–water partition coefficient (Wildman–Crippen LogP) is 1.23. The maximum Gasteiger partial charge on any atom is 0.519 e. The number of aliphatic hydroxyl groups excluding tert-OH is 3. The Balaban J connectivity index is 1.81. The molecule has 1 aromatic heterocycles. The van der Waals surface area contributed by atoms with Gasteiger partial charge in [0.05, 0.1) is 18.6 Å². The summed E-state index contributed by atoms with van der Waals surface area (Å²) < 4.78 is 16.1. The minimum atomic E-state index is -1.38. The summed E-state index contributed by atoms with van der Waals surface area (Å²) in [5.41, 5.74) is -0.719. The van der Waals surface area contributed by atoms with Crippen LogP contribution in [0.3, 0.4) is 0 Å². The van der Waals surface area contributed by atoms with Crippen LogP contribution in [0.4, 0.5) is 0 Å². The highest BCUT2D eigenvalue weighted by molar-refractivity contribution is 7.99. The van der Waals surface area contributed by atoms with Crippen LogP contribution in [0.1, 0.15) is 58.0 Å². The molecule has 0 bridgehead atoms. The van der Waals surface area contributed by atoms with E-state index < -0.39 is 47.8 Å². The number of nitrogens with one attached hydrogen (secondary N) is 1. The largest absolute Gasteiger partial charge is 0.519 e. The lowest BCUT2D eigenvalue weighted by molar-refractivity contribution is -0.208. The smallest absolute Gasteiger partial charge is 0.396 e. The van der Waals surface area contributed by atoms with Crippen LogP contribution in [0, 0.1) is 18.8 Å². The molecule has 8 unspecified atom stereocenters. The van der Waals surface area contributed by atoms with Crippen molar-refractivity contribution in [1.82, 2.24) is 10.2 Å². The number of likely N-dealkylation sites (tertiary alicyclic amines) is 1. The van der Waals surface area contributed by atoms with Gasteiger partial charge < -0.3 is 34.2 Å². The summed E-state index contributed by atoms with van der Waals surface area (Å²) >= 11 is 1.24. The Bertz CT molecular complexity index is 887. The van der Waals surface area contributed by atoms with Gasteiger partial charge in [-0.15, -0.1) is 11.8 Å². The van der Waals surface area contributed by atoms with E-state index in [1.165, 1.54) is 11.8 Å². The zero-order valence-electron chi connectivity index (χ0n) is 21.2. The molecule has 10 nitrogen and oxygen atoms in total. The Labute approximate surface area is 210 Å². The average Bonchev–Trinajstić information content (AvgIpc) is 3.13. The molecule has 35 heavy (non-hydrogen) atoms. The van der Waals surface area contributed by atoms with Crippen molar-refractivity contribution in [2.75, 3.05) is 12.8 Å². The molecule has 0 spiro atoms. The van der Waals surface area contributed by atoms with Gasteiger partial charge in [-0.1, -0.05) is 33.6 Å². The first-order valence-corrected chi connectivity index (χ1v) is 13.7. The van der Waals surface area contributed by atoms with E-state index >= 15 is 0 Å². The van der Waals surface area contributed by atoms with Gasteiger partial charge in [0.25, 0.3) is 0 Å². The lowest BCUT2D eigenvalue weighted by Gasteiger charge is -2.45. The molecule has 0 radical (unpaired) electrons. The molecule has 0 saturated carbocycles. The third kappa shape index (κ3) is 6.50. The van der Waals surface area contributed by atoms with E-state index in [1.54, 1.807) is 13.2 Å². The average molecular weight is 517 g/mol. The van der Waals surface area contributed by atoms with Crippen molar-refractivity contribution < 1.29 is 33.7 Å². The molecule has 3 rings (SSSR count). The SMILES string of the molecule is CCCC1CCN(Cc2oc(=O)oc2C)C(C(=O)NC(C(C)C)C2OC(SC)C(O)C(O)C2O)C1. The lowest BCUT2D eigenvalue weighted by atomic mass is 9.85. The molecule has 11 heteroatoms. The van der Waals surface area contributed by atoms with Crippen molar-refractivity contribution in [2.45, 2.75) is 102 Å². The van der Waals surface area contributed by atoms with E-state index in [9.17, 15) is 24.9 Å². The van der Waals surface area contributed by atoms with E-state index in [-0.39, 0.29) is 18.4 Å². The number of aliphatic hydroxyl groups is 3. The van der Waals surface area contributed by atoms with Crippen molar-refractivity contribution in [3.63, 3.8) is 0 Å². The predicted molar refractivity (Wildman–Crippen MR) is 131 cm³/mol. The third-order valence-corrected chi connectivity index (χ3v) is 8.08. The van der Waals surface area contributed by atoms with Gasteiger partial charge >= 0.3 is 5.82 Å². The zero-order valence-corrected chi connectivity index (χ0v) is 22.0. The molecule has 2 aliphatic heterocycles. The third-order valence-electron chi connectivity index (χ3n) is 7.22. The van der Waals surface area contributed by atoms with E-state index in [4.69, 9.17) is 13.6 Å². The number of hydrogen-bond acceptors (Lipinski definition) is 10. The molecule has 0 aliphatic carbocycles. The summed E-state index contributed by atoms with van der Waals surface area (Å²) in [4.78, 5) is 27.2. The molecule has 1 amide bonds. The molecular formula is C24H40N2O8S. The summed E-state index contributed by atoms with van der Waals surface area (Å²) in [7, 11) is 0. The highest BCUT2D eigenvalue weighted by atomic mass is 32.2. The fourth-order valence-electron chi connectivity index (χ4n) is 5.18. The van der Waals surface area contributed by atoms with Crippen LogP contribution < -0.4 is 11.1 Å². The van der Waals surface area contributed by atoms with Crippen LogP contribution in [0.25, 0.3) is 0 Å². The van der Waals surface area contributed by atoms with Crippen molar-refractivity contribution in [3.8, 4) is 0 Å². The number of ether oxygens (including phenoxy) is 1. The highest BCUT2D eigenvalue weighted by Gasteiger charge is 2.48. The molecule has 2 fully saturated rings. The molecule has 8 atom stereocenters. The number of aryl methyl sites for hydroxylation is 1. The van der Waals surface area contributed by atoms with Gasteiger partial charge in [-0.05, 0) is 44.4 Å². The van der Waals surface area contributed by atoms with Gasteiger partial charge in [0.1, 0.15) is 35.6 Å². The molecule has 4 N–H and O–H groups in total. The second-order valence-electron chi connectivity index (χ2n) is 10.1. The van der Waals surface area contributed by atoms with Gasteiger partial charge in [-0.2, -0.15) is 0 Å². The number of carbonyl (C=O) groups is 1. The van der Waals surface area contributed by atoms with Gasteiger partial charge in [-0.3, -0.25) is 9.69 Å². The van der Waals surface area contributed by atoms with E-state index in [2.05, 4.69) is 12.2 Å². The molecule has 1 aromatic rings. The maximum atomic E-state index is 13.7. The first-order valence-electron chi connectivity index (χ1n) is 12.4. The van der Waals surface area contributed by atoms with Crippen LogP contribution in [-0.2, 0) is 16.1 Å². The summed E-state index contributed by atoms with van der Waals surface area (Å²) in [5, 5.41) is 34.4. The van der Waals surface area contributed by atoms with Gasteiger partial charge in [0.2, 0.25) is 5.91 Å². The van der Waals surface area contributed by atoms with Gasteiger partial charge in [0, 0.05) is 0 Å². The minimum absolute atomic E-state index is 0.110. The van der Waals surface area contributed by atoms with E-state index in [0.717, 1.165) is 19.3 Å². The Morgan fingerprint density at radius 3 is 2.49 bits per heavy atom. The zero-order chi connectivity index (χ0) is 25.9. The topological polar surface area (TPSA) is 146 Å². The molecule has 3 heterocycles. The number of nitrogens with zero attached hydrogens (tertiary/aromatic N) is 1. The first-order chi connectivity index (χ1) is 16.6. The molecule has 2 saturated heterocycles. The van der Waals surface area contributed by atoms with Crippen LogP contribution in [0.5, 0.6) is 0 Å². The summed E-state index contributed by atoms with van der Waals surface area (Å²) in [6.07, 6.45) is 0.573. The Morgan fingerprint density at radius 2 is 1.91 bits per heavy atom. The Kier molecular flexibility index (Phi) is 9.87. The second-order valence-corrected chi connectivity index (χ2v) is 11.0. The number of hydrogen-bond donors (Lipinski definition) is 4. The monoisotopic (exact) mass is 516 g/mol. The summed E-state index contributed by atoms with van der Waals surface area (Å²) in [6, 6.07) is -1.05. The fraction of sp³-hybridized carbons (Fsp3) is 0.833. The van der Waals surface area contributed by atoms with E-state index in [1.807, 2.05) is 18.7 Å². The van der Waals surface area contributed by atoms with Crippen LogP contribution in [0.15, 0.2) is 13.6 Å². The van der Waals surface area contributed by atoms with Crippen LogP contribution in [-0.4, -0.2) is 80.9 Å². The summed E-state index contributed by atoms with van der Waals surface area (Å²) in [6.45, 7) is 8.57. The molecule has 0 aromatic carbocycles. The summed E-state index contributed by atoms with van der Waals surface area (Å²) in [5.74, 6) is 0.141. The number of rotatable bonds is 9. The van der Waals surface area contributed by atoms with Crippen molar-refractivity contribution in [1.29, 1.82) is 0 Å². The quantitative estimate of drug-likeness (QED) is 0.378. The van der Waals surface area contributed by atoms with Gasteiger partial charge in [0.15, 0.2) is 5.76 Å². The normalized spacial score (nSPS) is 33.1. The molecular weight excluding hydrogens is 476 g/mol. The lowest BCUT2D eigenvalue weighted by Crippen LogP contribution is -2.65. The maximum absolute atomic E-state index is 13.7. The molecule has 200 valence electrons. The van der Waals surface area contributed by atoms with Crippen LogP contribution in [0.2, 0.25) is 0 Å². The number of thioether (sulfide) groups is 1. The van der Waals surface area contributed by atoms with Crippen molar-refractivity contribution in [2.24, 2.45) is 11.8 Å². The van der Waals surface area contributed by atoms with Gasteiger partial charge in [-0.25, -0.2) is 4.79 Å². The van der Waals surface area contributed by atoms with E-state index in [0.29, 0.717) is 30.4 Å². The second kappa shape index (κ2) is 12.2. The van der Waals surface area contributed by atoms with Crippen molar-refractivity contribution >= 4 is 17.7 Å². The first kappa shape index (κ1) is 28.2. The van der Waals surface area contributed by atoms with Crippen molar-refractivity contribution in [3.05, 3.63) is 22.1 Å². The molecule has 2 aliphatic rings. The fourth-order valence-corrected chi connectivity index (χ4v) is 5.86. The van der Waals surface area contributed by atoms with Crippen LogP contribution >= 0.6 is 11.8 Å². The minimum Gasteiger partial charge on any atom is -0.396 e. The Morgan fingerprint density at radius 1 is 1.20 bits per heavy atom. The number of piperidine rings is 1. The Hall–Kier alpha value is -1.37. The number of carbonyl (C=O) groups excluding carboxylic acids is 1. The highest BCUT2D eigenvalue weighted by Crippen LogP contribution is 2.32.